The standard InChI is InChI=1S/C18H17N3O4S/c22-15(6-4-11-3-5-13(25-11)14-2-1-9-26-14)21-8-7-12-16(20-10-19-12)17(21)18(23)24/h1-3,5,9-10,17H,4,6-8H2,(H,19,20)(H,23,24). The SMILES string of the molecule is O=C(O)C1c2nc[nH]c2CCN1C(=O)CCc1ccc(-c2cccs2)o1. The van der Waals surface area contributed by atoms with Crippen LogP contribution in [-0.2, 0) is 22.4 Å². The van der Waals surface area contributed by atoms with Crippen molar-refractivity contribution in [2.75, 3.05) is 6.54 Å². The summed E-state index contributed by atoms with van der Waals surface area (Å²) in [5.74, 6) is 0.223. The third-order valence-electron chi connectivity index (χ3n) is 4.49. The normalized spacial score (nSPS) is 16.5. The molecule has 1 aliphatic rings. The van der Waals surface area contributed by atoms with Gasteiger partial charge in [-0.15, -0.1) is 11.3 Å². The van der Waals surface area contributed by atoms with Gasteiger partial charge in [-0.3, -0.25) is 4.79 Å². The second kappa shape index (κ2) is 6.80. The maximum Gasteiger partial charge on any atom is 0.332 e. The smallest absolute Gasteiger partial charge is 0.332 e. The quantitative estimate of drug-likeness (QED) is 0.718. The minimum Gasteiger partial charge on any atom is -0.479 e. The number of carbonyl (C=O) groups excluding carboxylic acids is 1. The van der Waals surface area contributed by atoms with Crippen molar-refractivity contribution in [3.63, 3.8) is 0 Å². The van der Waals surface area contributed by atoms with Crippen molar-refractivity contribution in [2.24, 2.45) is 0 Å². The highest BCUT2D eigenvalue weighted by Gasteiger charge is 2.37. The molecule has 0 aliphatic carbocycles. The number of carboxylic acid groups (broad SMARTS) is 1. The molecule has 0 saturated carbocycles. The van der Waals surface area contributed by atoms with Crippen LogP contribution < -0.4 is 0 Å². The first-order valence-corrected chi connectivity index (χ1v) is 9.18. The van der Waals surface area contributed by atoms with Crippen molar-refractivity contribution in [1.29, 1.82) is 0 Å². The summed E-state index contributed by atoms with van der Waals surface area (Å²) >= 11 is 1.59. The topological polar surface area (TPSA) is 99.4 Å². The Bertz CT molecular complexity index is 928. The van der Waals surface area contributed by atoms with Crippen molar-refractivity contribution < 1.29 is 19.1 Å². The number of nitrogens with zero attached hydrogens (tertiary/aromatic N) is 2. The summed E-state index contributed by atoms with van der Waals surface area (Å²) in [4.78, 5) is 33.8. The fraction of sp³-hybridized carbons (Fsp3) is 0.278. The van der Waals surface area contributed by atoms with Gasteiger partial charge in [0.25, 0.3) is 0 Å². The number of carboxylic acids is 1. The molecule has 1 amide bonds. The fourth-order valence-electron chi connectivity index (χ4n) is 3.23. The Labute approximate surface area is 153 Å². The number of hydrogen-bond donors (Lipinski definition) is 2. The van der Waals surface area contributed by atoms with E-state index in [0.29, 0.717) is 30.8 Å². The molecule has 26 heavy (non-hydrogen) atoms. The Hall–Kier alpha value is -2.87. The Morgan fingerprint density at radius 1 is 1.38 bits per heavy atom. The van der Waals surface area contributed by atoms with E-state index in [1.807, 2.05) is 29.6 Å². The number of carbonyl (C=O) groups is 2. The van der Waals surface area contributed by atoms with Gasteiger partial charge in [0.2, 0.25) is 5.91 Å². The average molecular weight is 371 g/mol. The monoisotopic (exact) mass is 371 g/mol. The van der Waals surface area contributed by atoms with Gasteiger partial charge >= 0.3 is 5.97 Å². The molecule has 3 aromatic heterocycles. The van der Waals surface area contributed by atoms with Crippen molar-refractivity contribution >= 4 is 23.2 Å². The van der Waals surface area contributed by atoms with Gasteiger partial charge in [0.1, 0.15) is 11.5 Å². The number of furan rings is 1. The molecule has 8 heteroatoms. The first kappa shape index (κ1) is 16.6. The Morgan fingerprint density at radius 2 is 2.27 bits per heavy atom. The molecule has 2 N–H and O–H groups in total. The van der Waals surface area contributed by atoms with Gasteiger partial charge in [0, 0.05) is 31.5 Å². The zero-order chi connectivity index (χ0) is 18.1. The number of imidazole rings is 1. The second-order valence-corrected chi connectivity index (χ2v) is 7.04. The lowest BCUT2D eigenvalue weighted by atomic mass is 10.0. The summed E-state index contributed by atoms with van der Waals surface area (Å²) in [6.45, 7) is 0.365. The molecule has 7 nitrogen and oxygen atoms in total. The molecule has 1 unspecified atom stereocenters. The number of thiophene rings is 1. The third kappa shape index (κ3) is 3.03. The number of nitrogens with one attached hydrogen (secondary N) is 1. The summed E-state index contributed by atoms with van der Waals surface area (Å²) in [7, 11) is 0. The molecule has 0 aromatic carbocycles. The van der Waals surface area contributed by atoms with Crippen LogP contribution in [0.2, 0.25) is 0 Å². The summed E-state index contributed by atoms with van der Waals surface area (Å²) in [6, 6.07) is 6.65. The van der Waals surface area contributed by atoms with E-state index >= 15 is 0 Å². The van der Waals surface area contributed by atoms with Crippen molar-refractivity contribution in [3.05, 3.63) is 53.1 Å². The zero-order valence-corrected chi connectivity index (χ0v) is 14.7. The number of fused-ring (bicyclic) bond motifs is 1. The van der Waals surface area contributed by atoms with E-state index in [-0.39, 0.29) is 12.3 Å². The lowest BCUT2D eigenvalue weighted by Crippen LogP contribution is -2.43. The van der Waals surface area contributed by atoms with Crippen LogP contribution >= 0.6 is 11.3 Å². The van der Waals surface area contributed by atoms with E-state index < -0.39 is 12.0 Å². The summed E-state index contributed by atoms with van der Waals surface area (Å²) in [5, 5.41) is 11.5. The van der Waals surface area contributed by atoms with Crippen molar-refractivity contribution in [1.82, 2.24) is 14.9 Å². The highest BCUT2D eigenvalue weighted by atomic mass is 32.1. The zero-order valence-electron chi connectivity index (χ0n) is 13.8. The number of amides is 1. The van der Waals surface area contributed by atoms with Gasteiger partial charge in [-0.1, -0.05) is 6.07 Å². The molecule has 4 rings (SSSR count). The molecule has 4 heterocycles. The maximum absolute atomic E-state index is 12.6. The first-order chi connectivity index (χ1) is 12.6. The predicted octanol–water partition coefficient (Wildman–Crippen LogP) is 2.87. The minimum atomic E-state index is -1.07. The van der Waals surface area contributed by atoms with Crippen LogP contribution in [0, 0.1) is 0 Å². The molecular formula is C18H17N3O4S. The number of hydrogen-bond acceptors (Lipinski definition) is 5. The summed E-state index contributed by atoms with van der Waals surface area (Å²) < 4.78 is 5.79. The molecule has 0 saturated heterocycles. The van der Waals surface area contributed by atoms with Gasteiger partial charge in [-0.05, 0) is 23.6 Å². The number of rotatable bonds is 5. The minimum absolute atomic E-state index is 0.195. The van der Waals surface area contributed by atoms with E-state index in [1.165, 1.54) is 11.2 Å². The number of H-pyrrole nitrogens is 1. The van der Waals surface area contributed by atoms with Gasteiger partial charge < -0.3 is 19.4 Å². The lowest BCUT2D eigenvalue weighted by molar-refractivity contribution is -0.151. The lowest BCUT2D eigenvalue weighted by Gasteiger charge is -2.32. The van der Waals surface area contributed by atoms with E-state index in [4.69, 9.17) is 4.42 Å². The number of aromatic amines is 1. The second-order valence-electron chi connectivity index (χ2n) is 6.09. The third-order valence-corrected chi connectivity index (χ3v) is 5.37. The van der Waals surface area contributed by atoms with Crippen molar-refractivity contribution in [2.45, 2.75) is 25.3 Å². The molecule has 0 fully saturated rings. The molecule has 0 spiro atoms. The molecule has 134 valence electrons. The Kier molecular flexibility index (Phi) is 4.34. The number of aliphatic carboxylic acids is 1. The van der Waals surface area contributed by atoms with Crippen LogP contribution in [0.25, 0.3) is 10.6 Å². The van der Waals surface area contributed by atoms with Gasteiger partial charge in [0.05, 0.1) is 16.9 Å². The molecule has 0 bridgehead atoms. The highest BCUT2D eigenvalue weighted by Crippen LogP contribution is 2.29. The molecule has 3 aromatic rings. The predicted molar refractivity (Wildman–Crippen MR) is 94.7 cm³/mol. The molecule has 0 radical (unpaired) electrons. The Morgan fingerprint density at radius 3 is 3.04 bits per heavy atom. The molecular weight excluding hydrogens is 354 g/mol. The summed E-state index contributed by atoms with van der Waals surface area (Å²) in [5.41, 5.74) is 1.21. The largest absolute Gasteiger partial charge is 0.479 e. The maximum atomic E-state index is 12.6. The van der Waals surface area contributed by atoms with Crippen LogP contribution in [-0.4, -0.2) is 38.4 Å². The van der Waals surface area contributed by atoms with Crippen molar-refractivity contribution in [3.8, 4) is 10.6 Å². The summed E-state index contributed by atoms with van der Waals surface area (Å²) in [6.07, 6.45) is 2.68. The van der Waals surface area contributed by atoms with Gasteiger partial charge in [-0.2, -0.15) is 0 Å². The van der Waals surface area contributed by atoms with E-state index in [1.54, 1.807) is 11.3 Å². The van der Waals surface area contributed by atoms with Gasteiger partial charge in [-0.25, -0.2) is 9.78 Å². The first-order valence-electron chi connectivity index (χ1n) is 8.30. The van der Waals surface area contributed by atoms with E-state index in [2.05, 4.69) is 9.97 Å². The van der Waals surface area contributed by atoms with Gasteiger partial charge in [0.15, 0.2) is 6.04 Å². The van der Waals surface area contributed by atoms with Crippen LogP contribution in [0.5, 0.6) is 0 Å². The van der Waals surface area contributed by atoms with E-state index in [9.17, 15) is 14.7 Å². The van der Waals surface area contributed by atoms with E-state index in [0.717, 1.165) is 16.3 Å². The van der Waals surface area contributed by atoms with Crippen LogP contribution in [0.3, 0.4) is 0 Å². The Balaban J connectivity index is 1.44. The molecule has 1 aliphatic heterocycles. The fourth-order valence-corrected chi connectivity index (χ4v) is 3.92. The highest BCUT2D eigenvalue weighted by molar-refractivity contribution is 7.13. The average Bonchev–Trinajstić information content (AvgIpc) is 3.39. The number of aromatic nitrogens is 2. The van der Waals surface area contributed by atoms with Crippen LogP contribution in [0.4, 0.5) is 0 Å². The number of aryl methyl sites for hydroxylation is 1. The van der Waals surface area contributed by atoms with Crippen LogP contribution in [0.15, 0.2) is 40.4 Å². The van der Waals surface area contributed by atoms with Crippen LogP contribution in [0.1, 0.15) is 29.6 Å². The molecule has 1 atom stereocenters.